The van der Waals surface area contributed by atoms with E-state index in [1.165, 1.54) is 5.56 Å². The zero-order valence-electron chi connectivity index (χ0n) is 13.8. The van der Waals surface area contributed by atoms with Crippen LogP contribution in [0.2, 0.25) is 0 Å². The second-order valence-corrected chi connectivity index (χ2v) is 6.57. The smallest absolute Gasteiger partial charge is 0.161 e. The zero-order chi connectivity index (χ0) is 15.2. The molecule has 1 aromatic rings. The zero-order valence-corrected chi connectivity index (χ0v) is 13.8. The molecule has 3 heteroatoms. The summed E-state index contributed by atoms with van der Waals surface area (Å²) < 4.78 is 11.5. The number of benzene rings is 1. The highest BCUT2D eigenvalue weighted by molar-refractivity contribution is 5.44. The first-order valence-electron chi connectivity index (χ1n) is 8.18. The molecular formula is C18H29NO2. The summed E-state index contributed by atoms with van der Waals surface area (Å²) in [5.74, 6) is 3.58. The molecule has 2 rings (SSSR count). The lowest BCUT2D eigenvalue weighted by Gasteiger charge is -2.22. The molecule has 2 atom stereocenters. The summed E-state index contributed by atoms with van der Waals surface area (Å²) in [6, 6.07) is 6.39. The van der Waals surface area contributed by atoms with Crippen molar-refractivity contribution in [2.45, 2.75) is 40.0 Å². The van der Waals surface area contributed by atoms with Gasteiger partial charge in [0.15, 0.2) is 11.5 Å². The predicted molar refractivity (Wildman–Crippen MR) is 87.3 cm³/mol. The van der Waals surface area contributed by atoms with E-state index in [-0.39, 0.29) is 0 Å². The van der Waals surface area contributed by atoms with E-state index >= 15 is 0 Å². The Bertz CT molecular complexity index is 445. The molecule has 1 heterocycles. The Labute approximate surface area is 129 Å². The summed E-state index contributed by atoms with van der Waals surface area (Å²) in [5, 5.41) is 3.55. The molecule has 0 fully saturated rings. The Hall–Kier alpha value is -1.22. The van der Waals surface area contributed by atoms with Crippen molar-refractivity contribution < 1.29 is 9.47 Å². The van der Waals surface area contributed by atoms with Gasteiger partial charge in [0.1, 0.15) is 0 Å². The first-order chi connectivity index (χ1) is 10.1. The van der Waals surface area contributed by atoms with Crippen molar-refractivity contribution in [1.29, 1.82) is 0 Å². The van der Waals surface area contributed by atoms with Crippen LogP contribution in [-0.2, 0) is 0 Å². The lowest BCUT2D eigenvalue weighted by molar-refractivity contribution is 0.297. The highest BCUT2D eigenvalue weighted by atomic mass is 16.5. The van der Waals surface area contributed by atoms with Gasteiger partial charge in [-0.15, -0.1) is 0 Å². The van der Waals surface area contributed by atoms with Crippen LogP contribution in [0.3, 0.4) is 0 Å². The third-order valence-corrected chi connectivity index (χ3v) is 4.17. The minimum atomic E-state index is 0.502. The molecular weight excluding hydrogens is 262 g/mol. The molecule has 0 aromatic heterocycles. The molecule has 0 spiro atoms. The molecule has 1 aliphatic heterocycles. The van der Waals surface area contributed by atoms with Gasteiger partial charge in [-0.05, 0) is 48.5 Å². The molecule has 0 aliphatic carbocycles. The SMILES string of the molecule is CC(C)CNCC(C)C(C)c1ccc2c(c1)OCCCO2. The quantitative estimate of drug-likeness (QED) is 0.864. The molecule has 1 N–H and O–H groups in total. The minimum Gasteiger partial charge on any atom is -0.490 e. The minimum absolute atomic E-state index is 0.502. The van der Waals surface area contributed by atoms with E-state index in [2.05, 4.69) is 51.2 Å². The summed E-state index contributed by atoms with van der Waals surface area (Å²) in [5.41, 5.74) is 1.33. The van der Waals surface area contributed by atoms with Crippen LogP contribution in [0, 0.1) is 11.8 Å². The fraction of sp³-hybridized carbons (Fsp3) is 0.667. The Kier molecular flexibility index (Phi) is 5.92. The number of rotatable bonds is 6. The van der Waals surface area contributed by atoms with Crippen LogP contribution >= 0.6 is 0 Å². The Balaban J connectivity index is 1.98. The van der Waals surface area contributed by atoms with Crippen LogP contribution in [0.1, 0.15) is 45.6 Å². The second-order valence-electron chi connectivity index (χ2n) is 6.57. The molecule has 0 saturated carbocycles. The molecule has 2 unspecified atom stereocenters. The lowest BCUT2D eigenvalue weighted by Crippen LogP contribution is -2.27. The van der Waals surface area contributed by atoms with E-state index < -0.39 is 0 Å². The lowest BCUT2D eigenvalue weighted by atomic mass is 9.88. The summed E-state index contributed by atoms with van der Waals surface area (Å²) in [7, 11) is 0. The van der Waals surface area contributed by atoms with Crippen LogP contribution in [0.5, 0.6) is 11.5 Å². The van der Waals surface area contributed by atoms with E-state index in [1.807, 2.05) is 0 Å². The van der Waals surface area contributed by atoms with Gasteiger partial charge in [0.05, 0.1) is 13.2 Å². The molecule has 0 saturated heterocycles. The highest BCUT2D eigenvalue weighted by Gasteiger charge is 2.17. The van der Waals surface area contributed by atoms with Gasteiger partial charge < -0.3 is 14.8 Å². The summed E-state index contributed by atoms with van der Waals surface area (Å²) in [4.78, 5) is 0. The number of fused-ring (bicyclic) bond motifs is 1. The summed E-state index contributed by atoms with van der Waals surface area (Å²) >= 11 is 0. The van der Waals surface area contributed by atoms with Crippen molar-refractivity contribution in [3.8, 4) is 11.5 Å². The van der Waals surface area contributed by atoms with Gasteiger partial charge in [0.2, 0.25) is 0 Å². The fourth-order valence-corrected chi connectivity index (χ4v) is 2.57. The molecule has 0 bridgehead atoms. The largest absolute Gasteiger partial charge is 0.490 e. The van der Waals surface area contributed by atoms with Crippen LogP contribution in [-0.4, -0.2) is 26.3 Å². The van der Waals surface area contributed by atoms with Gasteiger partial charge in [-0.25, -0.2) is 0 Å². The standard InChI is InChI=1S/C18H29NO2/c1-13(2)11-19-12-14(3)15(4)16-6-7-17-18(10-16)21-9-5-8-20-17/h6-7,10,13-15,19H,5,8-9,11-12H2,1-4H3. The number of hydrogen-bond acceptors (Lipinski definition) is 3. The van der Waals surface area contributed by atoms with Crippen molar-refractivity contribution in [1.82, 2.24) is 5.32 Å². The van der Waals surface area contributed by atoms with Crippen LogP contribution in [0.15, 0.2) is 18.2 Å². The average molecular weight is 291 g/mol. The van der Waals surface area contributed by atoms with E-state index in [0.717, 1.165) is 44.2 Å². The summed E-state index contributed by atoms with van der Waals surface area (Å²) in [6.45, 7) is 12.7. The van der Waals surface area contributed by atoms with Crippen LogP contribution in [0.25, 0.3) is 0 Å². The monoisotopic (exact) mass is 291 g/mol. The predicted octanol–water partition coefficient (Wildman–Crippen LogP) is 3.83. The van der Waals surface area contributed by atoms with Gasteiger partial charge in [0, 0.05) is 6.42 Å². The van der Waals surface area contributed by atoms with Crippen molar-refractivity contribution in [2.24, 2.45) is 11.8 Å². The van der Waals surface area contributed by atoms with Crippen molar-refractivity contribution in [3.05, 3.63) is 23.8 Å². The third-order valence-electron chi connectivity index (χ3n) is 4.17. The normalized spacial score (nSPS) is 17.4. The molecule has 3 nitrogen and oxygen atoms in total. The molecule has 0 amide bonds. The number of nitrogens with one attached hydrogen (secondary N) is 1. The Morgan fingerprint density at radius 3 is 2.43 bits per heavy atom. The van der Waals surface area contributed by atoms with Crippen molar-refractivity contribution in [2.75, 3.05) is 26.3 Å². The molecule has 0 radical (unpaired) electrons. The van der Waals surface area contributed by atoms with Crippen molar-refractivity contribution >= 4 is 0 Å². The van der Waals surface area contributed by atoms with Gasteiger partial charge in [0.25, 0.3) is 0 Å². The van der Waals surface area contributed by atoms with Crippen molar-refractivity contribution in [3.63, 3.8) is 0 Å². The highest BCUT2D eigenvalue weighted by Crippen LogP contribution is 2.34. The summed E-state index contributed by atoms with van der Waals surface area (Å²) in [6.07, 6.45) is 0.953. The van der Waals surface area contributed by atoms with E-state index in [4.69, 9.17) is 9.47 Å². The fourth-order valence-electron chi connectivity index (χ4n) is 2.57. The Morgan fingerprint density at radius 2 is 1.71 bits per heavy atom. The van der Waals surface area contributed by atoms with Crippen LogP contribution < -0.4 is 14.8 Å². The maximum absolute atomic E-state index is 5.79. The van der Waals surface area contributed by atoms with Crippen LogP contribution in [0.4, 0.5) is 0 Å². The van der Waals surface area contributed by atoms with E-state index in [0.29, 0.717) is 17.8 Å². The first-order valence-corrected chi connectivity index (χ1v) is 8.18. The van der Waals surface area contributed by atoms with Gasteiger partial charge in [-0.3, -0.25) is 0 Å². The first kappa shape index (κ1) is 16.2. The van der Waals surface area contributed by atoms with Gasteiger partial charge in [-0.1, -0.05) is 33.8 Å². The van der Waals surface area contributed by atoms with E-state index in [9.17, 15) is 0 Å². The molecule has 1 aromatic carbocycles. The third kappa shape index (κ3) is 4.63. The Morgan fingerprint density at radius 1 is 1.00 bits per heavy atom. The molecule has 21 heavy (non-hydrogen) atoms. The number of ether oxygens (including phenoxy) is 2. The second kappa shape index (κ2) is 7.69. The number of hydrogen-bond donors (Lipinski definition) is 1. The van der Waals surface area contributed by atoms with E-state index in [1.54, 1.807) is 0 Å². The maximum atomic E-state index is 5.79. The average Bonchev–Trinajstić information content (AvgIpc) is 2.70. The van der Waals surface area contributed by atoms with Gasteiger partial charge >= 0.3 is 0 Å². The maximum Gasteiger partial charge on any atom is 0.161 e. The molecule has 1 aliphatic rings. The molecule has 118 valence electrons. The topological polar surface area (TPSA) is 30.5 Å². The van der Waals surface area contributed by atoms with Gasteiger partial charge in [-0.2, -0.15) is 0 Å².